The third-order valence-corrected chi connectivity index (χ3v) is 6.78. The van der Waals surface area contributed by atoms with Gasteiger partial charge in [0.15, 0.2) is 0 Å². The van der Waals surface area contributed by atoms with Crippen LogP contribution in [0.5, 0.6) is 0 Å². The third kappa shape index (κ3) is 7.41. The lowest BCUT2D eigenvalue weighted by atomic mass is 9.94. The van der Waals surface area contributed by atoms with Crippen molar-refractivity contribution in [3.05, 3.63) is 77.4 Å². The average molecular weight is 542 g/mol. The van der Waals surface area contributed by atoms with Crippen LogP contribution in [0.4, 0.5) is 10.5 Å². The lowest BCUT2D eigenvalue weighted by Crippen LogP contribution is -2.53. The quantitative estimate of drug-likeness (QED) is 0.252. The zero-order chi connectivity index (χ0) is 29.6. The first-order valence-corrected chi connectivity index (χ1v) is 13.5. The second-order valence-electron chi connectivity index (χ2n) is 11.2. The highest BCUT2D eigenvalue weighted by molar-refractivity contribution is 6.01. The van der Waals surface area contributed by atoms with Crippen LogP contribution in [0.3, 0.4) is 0 Å². The zero-order valence-corrected chi connectivity index (χ0v) is 24.4. The molecule has 0 bridgehead atoms. The summed E-state index contributed by atoms with van der Waals surface area (Å²) < 4.78 is 5.42. The Balaban J connectivity index is 2.04. The number of carbonyl (C=O) groups excluding carboxylic acids is 3. The monoisotopic (exact) mass is 541 g/mol. The van der Waals surface area contributed by atoms with Gasteiger partial charge in [-0.15, -0.1) is 0 Å². The van der Waals surface area contributed by atoms with Crippen molar-refractivity contribution >= 4 is 34.4 Å². The number of anilines is 1. The molecule has 0 heterocycles. The first-order chi connectivity index (χ1) is 18.8. The van der Waals surface area contributed by atoms with Crippen LogP contribution in [-0.4, -0.2) is 34.5 Å². The van der Waals surface area contributed by atoms with Gasteiger partial charge in [0.05, 0.1) is 0 Å². The van der Waals surface area contributed by atoms with E-state index in [4.69, 9.17) is 11.2 Å². The Labute approximate surface area is 237 Å². The topological polar surface area (TPSA) is 87.7 Å². The molecule has 3 atom stereocenters. The Morgan fingerprint density at radius 3 is 2.30 bits per heavy atom. The minimum Gasteiger partial charge on any atom is -0.444 e. The van der Waals surface area contributed by atoms with E-state index in [0.29, 0.717) is 17.7 Å². The van der Waals surface area contributed by atoms with Crippen LogP contribution in [0.2, 0.25) is 0 Å². The number of amides is 3. The molecule has 40 heavy (non-hydrogen) atoms. The highest BCUT2D eigenvalue weighted by atomic mass is 16.6. The van der Waals surface area contributed by atoms with E-state index in [1.807, 2.05) is 88.4 Å². The molecule has 0 aliphatic carbocycles. The number of hydrogen-bond donors (Lipinski definition) is 2. The van der Waals surface area contributed by atoms with Crippen molar-refractivity contribution in [1.82, 2.24) is 10.2 Å². The minimum atomic E-state index is -1.14. The van der Waals surface area contributed by atoms with Crippen LogP contribution in [0.25, 0.3) is 10.8 Å². The Morgan fingerprint density at radius 1 is 1.00 bits per heavy atom. The van der Waals surface area contributed by atoms with E-state index >= 15 is 0 Å². The summed E-state index contributed by atoms with van der Waals surface area (Å²) in [4.78, 5) is 41.8. The number of nitrogens with one attached hydrogen (secondary N) is 2. The lowest BCUT2D eigenvalue weighted by Gasteiger charge is -2.33. The number of carbonyl (C=O) groups is 3. The standard InChI is InChI=1S/C33H39N3O4/c1-9-22(4)28(35-32(39)40-33(6,7)8)31(38)36(10-2)29(27-19-21(3)15-16-23(27)5)30(37)34-26-18-17-24-13-11-12-14-25(24)20-26/h2,11-20,22,28-29H,9H2,1,3-8H3,(H,34,37)(H,35,39). The summed E-state index contributed by atoms with van der Waals surface area (Å²) >= 11 is 0. The minimum absolute atomic E-state index is 0.279. The normalized spacial score (nSPS) is 13.4. The molecule has 0 fully saturated rings. The number of alkyl carbamates (subject to hydrolysis) is 1. The molecule has 210 valence electrons. The molecule has 3 aromatic carbocycles. The highest BCUT2D eigenvalue weighted by Crippen LogP contribution is 2.29. The molecule has 0 aromatic heterocycles. The number of nitrogens with zero attached hydrogens (tertiary/aromatic N) is 1. The largest absolute Gasteiger partial charge is 0.444 e. The maximum Gasteiger partial charge on any atom is 0.408 e. The van der Waals surface area contributed by atoms with Crippen LogP contribution >= 0.6 is 0 Å². The maximum absolute atomic E-state index is 14.1. The number of hydrogen-bond acceptors (Lipinski definition) is 4. The summed E-state index contributed by atoms with van der Waals surface area (Å²) in [5, 5.41) is 7.67. The van der Waals surface area contributed by atoms with Crippen molar-refractivity contribution in [3.63, 3.8) is 0 Å². The molecule has 7 nitrogen and oxygen atoms in total. The van der Waals surface area contributed by atoms with Crippen LogP contribution in [0.15, 0.2) is 60.7 Å². The van der Waals surface area contributed by atoms with Crippen molar-refractivity contribution in [1.29, 1.82) is 0 Å². The smallest absolute Gasteiger partial charge is 0.408 e. The van der Waals surface area contributed by atoms with Gasteiger partial charge in [-0.1, -0.05) is 80.8 Å². The Hall–Kier alpha value is -4.31. The first kappa shape index (κ1) is 30.2. The molecule has 3 aromatic rings. The van der Waals surface area contributed by atoms with Crippen molar-refractivity contribution in [3.8, 4) is 12.5 Å². The van der Waals surface area contributed by atoms with Gasteiger partial charge in [-0.2, -0.15) is 0 Å². The lowest BCUT2D eigenvalue weighted by molar-refractivity contribution is -0.137. The summed E-state index contributed by atoms with van der Waals surface area (Å²) in [6.45, 7) is 12.8. The Bertz CT molecular complexity index is 1430. The summed E-state index contributed by atoms with van der Waals surface area (Å²) in [7, 11) is 0. The van der Waals surface area contributed by atoms with Crippen molar-refractivity contribution in [2.75, 3.05) is 5.32 Å². The third-order valence-electron chi connectivity index (χ3n) is 6.78. The molecule has 3 amide bonds. The molecule has 0 saturated heterocycles. The fourth-order valence-corrected chi connectivity index (χ4v) is 4.46. The number of ether oxygens (including phenoxy) is 1. The van der Waals surface area contributed by atoms with Gasteiger partial charge >= 0.3 is 6.09 Å². The highest BCUT2D eigenvalue weighted by Gasteiger charge is 2.38. The van der Waals surface area contributed by atoms with Crippen LogP contribution in [0.1, 0.15) is 63.8 Å². The van der Waals surface area contributed by atoms with Gasteiger partial charge < -0.3 is 15.4 Å². The van der Waals surface area contributed by atoms with Gasteiger partial charge in [0.1, 0.15) is 17.7 Å². The van der Waals surface area contributed by atoms with E-state index in [0.717, 1.165) is 26.8 Å². The zero-order valence-electron chi connectivity index (χ0n) is 24.4. The Morgan fingerprint density at radius 2 is 1.68 bits per heavy atom. The second kappa shape index (κ2) is 12.7. The summed E-state index contributed by atoms with van der Waals surface area (Å²) in [6, 6.07) is 19.4. The van der Waals surface area contributed by atoms with Crippen molar-refractivity contribution in [2.24, 2.45) is 5.92 Å². The number of rotatable bonds is 8. The molecule has 0 saturated carbocycles. The maximum atomic E-state index is 14.1. The molecule has 0 spiro atoms. The predicted molar refractivity (Wildman–Crippen MR) is 160 cm³/mol. The fraction of sp³-hybridized carbons (Fsp3) is 0.364. The van der Waals surface area contributed by atoms with E-state index < -0.39 is 35.6 Å². The number of fused-ring (bicyclic) bond motifs is 1. The van der Waals surface area contributed by atoms with Crippen molar-refractivity contribution in [2.45, 2.75) is 72.6 Å². The fourth-order valence-electron chi connectivity index (χ4n) is 4.46. The molecule has 2 N–H and O–H groups in total. The van der Waals surface area contributed by atoms with Gasteiger partial charge in [-0.25, -0.2) is 4.79 Å². The van der Waals surface area contributed by atoms with Crippen LogP contribution in [0, 0.1) is 32.2 Å². The first-order valence-electron chi connectivity index (χ1n) is 13.5. The number of terminal acetylenes is 1. The summed E-state index contributed by atoms with van der Waals surface area (Å²) in [6.07, 6.45) is 5.80. The molecule has 0 aliphatic rings. The van der Waals surface area contributed by atoms with E-state index in [1.54, 1.807) is 20.8 Å². The van der Waals surface area contributed by atoms with Gasteiger partial charge in [0.2, 0.25) is 0 Å². The molecular weight excluding hydrogens is 502 g/mol. The summed E-state index contributed by atoms with van der Waals surface area (Å²) in [5.41, 5.74) is 2.15. The van der Waals surface area contributed by atoms with E-state index in [2.05, 4.69) is 16.7 Å². The van der Waals surface area contributed by atoms with Crippen LogP contribution in [-0.2, 0) is 14.3 Å². The molecule has 0 aliphatic heterocycles. The predicted octanol–water partition coefficient (Wildman–Crippen LogP) is 6.50. The SMILES string of the molecule is C#CN(C(=O)C(NC(=O)OC(C)(C)C)C(C)CC)C(C(=O)Nc1ccc2ccccc2c1)c1cc(C)ccc1C. The van der Waals surface area contributed by atoms with Gasteiger partial charge in [0, 0.05) is 11.7 Å². The van der Waals surface area contributed by atoms with E-state index in [1.165, 1.54) is 0 Å². The van der Waals surface area contributed by atoms with E-state index in [9.17, 15) is 14.4 Å². The number of benzene rings is 3. The average Bonchev–Trinajstić information content (AvgIpc) is 2.90. The van der Waals surface area contributed by atoms with Gasteiger partial charge in [0.25, 0.3) is 11.8 Å². The van der Waals surface area contributed by atoms with Gasteiger partial charge in [-0.3, -0.25) is 14.5 Å². The molecule has 3 unspecified atom stereocenters. The second-order valence-corrected chi connectivity index (χ2v) is 11.2. The number of aryl methyl sites for hydroxylation is 2. The van der Waals surface area contributed by atoms with Crippen molar-refractivity contribution < 1.29 is 19.1 Å². The molecule has 7 heteroatoms. The summed E-state index contributed by atoms with van der Waals surface area (Å²) in [5.74, 6) is -1.31. The molecular formula is C33H39N3O4. The molecule has 0 radical (unpaired) electrons. The van der Waals surface area contributed by atoms with Gasteiger partial charge in [-0.05, 0) is 74.6 Å². The molecule has 3 rings (SSSR count). The van der Waals surface area contributed by atoms with Crippen LogP contribution < -0.4 is 10.6 Å². The Kier molecular flexibility index (Phi) is 9.60. The van der Waals surface area contributed by atoms with E-state index in [-0.39, 0.29) is 5.92 Å².